The van der Waals surface area contributed by atoms with Gasteiger partial charge in [-0.15, -0.1) is 0 Å². The average molecular weight is 591 g/mol. The number of amidine groups is 1. The molecule has 0 bridgehead atoms. The fourth-order valence-corrected chi connectivity index (χ4v) is 5.48. The van der Waals surface area contributed by atoms with Gasteiger partial charge in [-0.05, 0) is 63.2 Å². The summed E-state index contributed by atoms with van der Waals surface area (Å²) in [6.45, 7) is 12.5. The molecular formula is C33H40F2N6O2. The van der Waals surface area contributed by atoms with Crippen LogP contribution in [-0.2, 0) is 4.79 Å². The molecule has 1 amide bonds. The zero-order valence-corrected chi connectivity index (χ0v) is 25.5. The molecule has 3 aromatic rings. The van der Waals surface area contributed by atoms with E-state index in [1.54, 1.807) is 48.5 Å². The quantitative estimate of drug-likeness (QED) is 0.349. The fraction of sp³-hybridized carbons (Fsp3) is 0.394. The molecule has 228 valence electrons. The first kappa shape index (κ1) is 30.3. The number of carbonyl (C=O) groups is 1. The van der Waals surface area contributed by atoms with Crippen molar-refractivity contribution in [2.45, 2.75) is 34.1 Å². The Morgan fingerprint density at radius 1 is 1.14 bits per heavy atom. The van der Waals surface area contributed by atoms with Crippen LogP contribution in [0.25, 0.3) is 10.9 Å². The number of H-pyrrole nitrogens is 1. The van der Waals surface area contributed by atoms with Crippen LogP contribution in [0.3, 0.4) is 0 Å². The van der Waals surface area contributed by atoms with Gasteiger partial charge in [0.25, 0.3) is 5.91 Å². The highest BCUT2D eigenvalue weighted by atomic mass is 19.1. The second-order valence-corrected chi connectivity index (χ2v) is 11.2. The Labute approximate surface area is 251 Å². The van der Waals surface area contributed by atoms with Gasteiger partial charge < -0.3 is 29.7 Å². The number of allylic oxidation sites excluding steroid dienone is 2. The van der Waals surface area contributed by atoms with Crippen molar-refractivity contribution in [1.29, 1.82) is 0 Å². The molecule has 2 aromatic carbocycles. The second-order valence-electron chi connectivity index (χ2n) is 11.2. The van der Waals surface area contributed by atoms with Gasteiger partial charge in [0.15, 0.2) is 11.6 Å². The van der Waals surface area contributed by atoms with Crippen LogP contribution in [0, 0.1) is 24.5 Å². The molecule has 2 N–H and O–H groups in total. The minimum atomic E-state index is -0.515. The van der Waals surface area contributed by atoms with Gasteiger partial charge in [-0.3, -0.25) is 4.79 Å². The van der Waals surface area contributed by atoms with Crippen molar-refractivity contribution >= 4 is 34.0 Å². The molecule has 1 fully saturated rings. The van der Waals surface area contributed by atoms with Gasteiger partial charge in [0.1, 0.15) is 23.0 Å². The number of likely N-dealkylation sites (N-methyl/N-ethyl adjacent to an activating group) is 2. The van der Waals surface area contributed by atoms with E-state index >= 15 is 8.78 Å². The number of benzene rings is 2. The molecule has 0 aliphatic carbocycles. The fourth-order valence-electron chi connectivity index (χ4n) is 5.48. The summed E-state index contributed by atoms with van der Waals surface area (Å²) < 4.78 is 37.4. The van der Waals surface area contributed by atoms with E-state index in [0.29, 0.717) is 35.2 Å². The molecule has 8 nitrogen and oxygen atoms in total. The lowest BCUT2D eigenvalue weighted by Gasteiger charge is -2.35. The third kappa shape index (κ3) is 6.44. The summed E-state index contributed by atoms with van der Waals surface area (Å²) >= 11 is 0. The first-order valence-electron chi connectivity index (χ1n) is 14.9. The molecule has 10 heteroatoms. The predicted molar refractivity (Wildman–Crippen MR) is 169 cm³/mol. The number of hydrogen-bond acceptors (Lipinski definition) is 6. The number of carbonyl (C=O) groups excluding carboxylic acids is 1. The molecule has 0 spiro atoms. The molecule has 0 saturated carbocycles. The number of aryl methyl sites for hydroxylation is 1. The molecule has 1 aromatic heterocycles. The van der Waals surface area contributed by atoms with Crippen LogP contribution in [0.4, 0.5) is 20.2 Å². The van der Waals surface area contributed by atoms with Crippen molar-refractivity contribution in [3.63, 3.8) is 0 Å². The van der Waals surface area contributed by atoms with Crippen LogP contribution in [0.2, 0.25) is 0 Å². The molecule has 43 heavy (non-hydrogen) atoms. The molecular weight excluding hydrogens is 550 g/mol. The highest BCUT2D eigenvalue weighted by Gasteiger charge is 2.30. The van der Waals surface area contributed by atoms with E-state index in [2.05, 4.69) is 32.0 Å². The normalized spacial score (nSPS) is 21.6. The number of piperazine rings is 1. The summed E-state index contributed by atoms with van der Waals surface area (Å²) in [7, 11) is 1.69. The third-order valence-electron chi connectivity index (χ3n) is 8.19. The molecule has 2 aliphatic rings. The van der Waals surface area contributed by atoms with Crippen molar-refractivity contribution < 1.29 is 18.3 Å². The highest BCUT2D eigenvalue weighted by molar-refractivity contribution is 6.25. The van der Waals surface area contributed by atoms with E-state index in [1.807, 2.05) is 26.8 Å². The molecule has 1 saturated heterocycles. The number of halogens is 2. The van der Waals surface area contributed by atoms with Gasteiger partial charge >= 0.3 is 0 Å². The van der Waals surface area contributed by atoms with E-state index in [0.717, 1.165) is 38.4 Å². The number of aliphatic imine (C=N–C) groups is 1. The van der Waals surface area contributed by atoms with E-state index < -0.39 is 5.82 Å². The van der Waals surface area contributed by atoms with Gasteiger partial charge in [0.05, 0.1) is 5.69 Å². The molecule has 0 radical (unpaired) electrons. The summed E-state index contributed by atoms with van der Waals surface area (Å²) in [6.07, 6.45) is 4.03. The van der Waals surface area contributed by atoms with E-state index in [4.69, 9.17) is 4.74 Å². The highest BCUT2D eigenvalue weighted by Crippen LogP contribution is 2.33. The number of ether oxygens (including phenoxy) is 1. The number of aromatic amines is 1. The number of amides is 1. The summed E-state index contributed by atoms with van der Waals surface area (Å²) in [5.41, 5.74) is 2.64. The Morgan fingerprint density at radius 3 is 2.60 bits per heavy atom. The summed E-state index contributed by atoms with van der Waals surface area (Å²) in [4.78, 5) is 27.5. The van der Waals surface area contributed by atoms with E-state index in [-0.39, 0.29) is 40.6 Å². The van der Waals surface area contributed by atoms with Crippen LogP contribution in [0.1, 0.15) is 32.9 Å². The number of rotatable bonds is 7. The summed E-state index contributed by atoms with van der Waals surface area (Å²) in [6, 6.07) is 10.0. The first-order chi connectivity index (χ1) is 20.7. The van der Waals surface area contributed by atoms with E-state index in [9.17, 15) is 4.79 Å². The molecule has 2 aliphatic heterocycles. The molecule has 1 unspecified atom stereocenters. The summed E-state index contributed by atoms with van der Waals surface area (Å²) in [5, 5.41) is 3.59. The van der Waals surface area contributed by atoms with Crippen molar-refractivity contribution in [3.8, 4) is 5.75 Å². The van der Waals surface area contributed by atoms with Crippen LogP contribution < -0.4 is 15.0 Å². The smallest absolute Gasteiger partial charge is 0.260 e. The lowest BCUT2D eigenvalue weighted by molar-refractivity contribution is -0.125. The first-order valence-corrected chi connectivity index (χ1v) is 14.9. The topological polar surface area (TPSA) is 76.2 Å². The molecule has 3 heterocycles. The maximum Gasteiger partial charge on any atom is 0.260 e. The van der Waals surface area contributed by atoms with Crippen LogP contribution in [0.5, 0.6) is 5.75 Å². The van der Waals surface area contributed by atoms with Crippen molar-refractivity contribution in [1.82, 2.24) is 14.8 Å². The Balaban J connectivity index is 1.52. The Bertz CT molecular complexity index is 1590. The molecule has 5 rings (SSSR count). The predicted octanol–water partition coefficient (Wildman–Crippen LogP) is 6.07. The zero-order chi connectivity index (χ0) is 30.7. The number of hydrogen-bond donors (Lipinski definition) is 2. The number of fused-ring (bicyclic) bond motifs is 1. The van der Waals surface area contributed by atoms with Crippen LogP contribution >= 0.6 is 0 Å². The summed E-state index contributed by atoms with van der Waals surface area (Å²) in [5.74, 6) is -0.990. The number of aromatic nitrogens is 1. The van der Waals surface area contributed by atoms with Crippen LogP contribution in [0.15, 0.2) is 65.0 Å². The lowest BCUT2D eigenvalue weighted by atomic mass is 9.98. The average Bonchev–Trinajstić information content (AvgIpc) is 3.39. The van der Waals surface area contributed by atoms with Crippen LogP contribution in [-0.4, -0.2) is 72.8 Å². The number of nitrogens with zero attached hydrogens (tertiary/aromatic N) is 4. The van der Waals surface area contributed by atoms with Crippen molar-refractivity contribution in [2.24, 2.45) is 10.9 Å². The minimum Gasteiger partial charge on any atom is -0.457 e. The molecule has 1 atom stereocenters. The van der Waals surface area contributed by atoms with Crippen molar-refractivity contribution in [2.75, 3.05) is 56.5 Å². The standard InChI is InChI=1S/C33H40F2N6O2/c1-6-39(5)33(42)29-31(43-28-13-11-26-24(30(28)35)19-22(4)37-26)21(3)9-8-14-36-32(29)38-23-10-12-27(25(34)20-23)41-17-15-40(7-2)16-18-41/h8,10-14,19-21,37H,6-7,9,15-18H2,1-5H3,(H,36,38)/b14-8+,31-29-. The number of anilines is 2. The zero-order valence-electron chi connectivity index (χ0n) is 25.5. The van der Waals surface area contributed by atoms with E-state index in [1.165, 1.54) is 6.07 Å². The second kappa shape index (κ2) is 13.0. The third-order valence-corrected chi connectivity index (χ3v) is 8.19. The minimum absolute atomic E-state index is 0.0141. The lowest BCUT2D eigenvalue weighted by Crippen LogP contribution is -2.46. The van der Waals surface area contributed by atoms with Gasteiger partial charge in [0.2, 0.25) is 0 Å². The Hall–Kier alpha value is -4.18. The Morgan fingerprint density at radius 2 is 1.91 bits per heavy atom. The van der Waals surface area contributed by atoms with Crippen molar-refractivity contribution in [3.05, 3.63) is 77.3 Å². The number of nitrogens with one attached hydrogen (secondary N) is 2. The van der Waals surface area contributed by atoms with Gasteiger partial charge in [-0.25, -0.2) is 13.8 Å². The van der Waals surface area contributed by atoms with Gasteiger partial charge in [-0.1, -0.05) is 19.9 Å². The van der Waals surface area contributed by atoms with Gasteiger partial charge in [-0.2, -0.15) is 0 Å². The Kier molecular flexibility index (Phi) is 9.15. The monoisotopic (exact) mass is 590 g/mol. The maximum absolute atomic E-state index is 15.6. The van der Waals surface area contributed by atoms with Gasteiger partial charge in [0, 0.05) is 74.2 Å². The SMILES string of the molecule is CCN1CCN(c2ccc(NC3=N/C=C/CC(C)/C(Oc4ccc5[nH]c(C)cc5c4F)=C\3C(=O)N(C)CC)cc2F)CC1. The largest absolute Gasteiger partial charge is 0.457 e. The maximum atomic E-state index is 15.6.